The molecule has 680 valence electrons. The Morgan fingerprint density at radius 2 is 0.578 bits per heavy atom. The van der Waals surface area contributed by atoms with Gasteiger partial charge in [-0.05, 0) is 101 Å². The van der Waals surface area contributed by atoms with Gasteiger partial charge in [0.2, 0.25) is 35.4 Å². The van der Waals surface area contributed by atoms with Gasteiger partial charge in [0.15, 0.2) is 5.82 Å². The molecule has 0 saturated carbocycles. The summed E-state index contributed by atoms with van der Waals surface area (Å²) in [6.45, 7) is 2.99. The highest BCUT2D eigenvalue weighted by molar-refractivity contribution is 6.11. The summed E-state index contributed by atoms with van der Waals surface area (Å²) in [4.78, 5) is 200. The third-order valence-corrected chi connectivity index (χ3v) is 20.2. The van der Waals surface area contributed by atoms with Crippen LogP contribution in [0.25, 0.3) is 0 Å². The van der Waals surface area contributed by atoms with E-state index < -0.39 is 70.9 Å². The number of rotatable bonds is 40. The minimum absolute atomic E-state index is 0.0168. The molecule has 16 N–H and O–H groups in total. The zero-order valence-corrected chi connectivity index (χ0v) is 74.1. The van der Waals surface area contributed by atoms with Crippen LogP contribution in [0.5, 0.6) is 0 Å². The predicted molar refractivity (Wildman–Crippen MR) is 481 cm³/mol. The molecule has 44 heteroatoms. The van der Waals surface area contributed by atoms with Crippen LogP contribution in [0.3, 0.4) is 0 Å². The maximum Gasteiger partial charge on any atom is 0.287 e. The Bertz CT molecular complexity index is 5870. The number of carbonyl (C=O) groups excluding carboxylic acids is 14. The fraction of sp³-hybridized carbons (Fsp3) is 0.357. The number of imidazole rings is 1. The van der Waals surface area contributed by atoms with Crippen LogP contribution >= 0.6 is 0 Å². The zero-order valence-electron chi connectivity index (χ0n) is 74.1. The van der Waals surface area contributed by atoms with E-state index in [1.165, 1.54) is 116 Å². The molecule has 10 aromatic rings. The minimum atomic E-state index is -0.599. The van der Waals surface area contributed by atoms with Crippen LogP contribution in [0.4, 0.5) is 57.0 Å². The Hall–Kier alpha value is -15.5. The summed E-state index contributed by atoms with van der Waals surface area (Å²) >= 11 is 0. The summed E-state index contributed by atoms with van der Waals surface area (Å²) in [5.41, 5.74) is 10.4. The first-order chi connectivity index (χ1) is 60.8. The number of carbonyl (C=O) groups is 14. The Morgan fingerprint density at radius 1 is 0.297 bits per heavy atom. The second-order valence-corrected chi connectivity index (χ2v) is 31.2. The molecule has 0 aliphatic rings. The lowest BCUT2D eigenvalue weighted by Crippen LogP contribution is -2.35. The second-order valence-electron chi connectivity index (χ2n) is 31.2. The summed E-state index contributed by atoms with van der Waals surface area (Å²) in [6.07, 6.45) is 17.3. The van der Waals surface area contributed by atoms with Gasteiger partial charge in [0.1, 0.15) is 51.2 Å². The van der Waals surface area contributed by atoms with Gasteiger partial charge in [-0.3, -0.25) is 67.1 Å². The van der Waals surface area contributed by atoms with E-state index in [2.05, 4.69) is 89.3 Å². The topological polar surface area (TPSA) is 518 Å². The van der Waals surface area contributed by atoms with Gasteiger partial charge in [0, 0.05) is 219 Å². The number of amides is 14. The van der Waals surface area contributed by atoms with Gasteiger partial charge < -0.3 is 141 Å². The Balaban J connectivity index is 0.595. The molecule has 0 atom stereocenters. The number of anilines is 9. The van der Waals surface area contributed by atoms with Crippen LogP contribution in [0, 0.1) is 0 Å². The summed E-state index contributed by atoms with van der Waals surface area (Å²) in [7, 11) is 25.7. The van der Waals surface area contributed by atoms with E-state index >= 15 is 0 Å². The fourth-order valence-corrected chi connectivity index (χ4v) is 13.8. The Labute approximate surface area is 736 Å². The van der Waals surface area contributed by atoms with E-state index in [0.717, 1.165) is 25.9 Å². The summed E-state index contributed by atoms with van der Waals surface area (Å²) in [5, 5.41) is 38.6. The molecule has 0 aliphatic carbocycles. The molecule has 14 amide bonds. The molecule has 0 fully saturated rings. The van der Waals surface area contributed by atoms with Crippen molar-refractivity contribution in [2.45, 2.75) is 44.9 Å². The molecule has 10 aromatic heterocycles. The van der Waals surface area contributed by atoms with Gasteiger partial charge in [-0.15, -0.1) is 0 Å². The van der Waals surface area contributed by atoms with Crippen LogP contribution < -0.4 is 80.2 Å². The maximum absolute atomic E-state index is 13.6. The first-order valence-corrected chi connectivity index (χ1v) is 40.8. The first-order valence-electron chi connectivity index (χ1n) is 40.8. The third-order valence-electron chi connectivity index (χ3n) is 20.2. The van der Waals surface area contributed by atoms with Crippen LogP contribution in [0.1, 0.15) is 150 Å². The molecule has 10 rings (SSSR count). The van der Waals surface area contributed by atoms with Crippen molar-refractivity contribution >= 4 is 146 Å². The van der Waals surface area contributed by atoms with Gasteiger partial charge in [0.25, 0.3) is 59.1 Å². The van der Waals surface area contributed by atoms with Gasteiger partial charge in [0.05, 0.1) is 51.2 Å². The number of nitrogens with zero attached hydrogens (tertiary/aromatic N) is 15. The number of nitrogens with one attached hydrogen (secondary N) is 14. The van der Waals surface area contributed by atoms with Crippen molar-refractivity contribution in [1.82, 2.24) is 91.9 Å². The molecule has 0 bridgehead atoms. The lowest BCUT2D eigenvalue weighted by Gasteiger charge is -2.22. The summed E-state index contributed by atoms with van der Waals surface area (Å²) < 4.78 is 15.2. The lowest BCUT2D eigenvalue weighted by atomic mass is 10.3. The van der Waals surface area contributed by atoms with Crippen LogP contribution in [0.15, 0.2) is 122 Å². The van der Waals surface area contributed by atoms with Gasteiger partial charge in [-0.1, -0.05) is 0 Å². The first kappa shape index (κ1) is 94.7. The SMILES string of the molecule is CN(CCCN)CCCNC(=O)CCNC(=O)c1cc(NC(=O)c2cc(NC(=O)c3cc(NC(=O)c4cc(NC(=O)CCNC(=O)c5cc(NC(=O)c6cc(NC(=O)CCCNC(=O)c7nc(NC(=O)c8cc(NC(=O)c9cc(NC(=O)CCNC(=O)c%10cc(N=C(N(C)C)N(C)C)cn%10C)cn9C)cn8C)cn7C)cn6C)cn5C)cn4C)cn3C)cn2C)cn1C. The average Bonchev–Trinajstić information content (AvgIpc) is 1.68. The van der Waals surface area contributed by atoms with Gasteiger partial charge >= 0.3 is 0 Å². The van der Waals surface area contributed by atoms with E-state index in [9.17, 15) is 67.1 Å². The second kappa shape index (κ2) is 42.7. The third kappa shape index (κ3) is 25.4. The fourth-order valence-electron chi connectivity index (χ4n) is 13.8. The van der Waals surface area contributed by atoms with Crippen LogP contribution in [0.2, 0.25) is 0 Å². The number of aliphatic imine (C=N–C) groups is 1. The van der Waals surface area contributed by atoms with Crippen LogP contribution in [-0.4, -0.2) is 242 Å². The molecule has 44 nitrogen and oxygen atoms in total. The number of guanidine groups is 1. The quantitative estimate of drug-likeness (QED) is 0.0148. The molecule has 0 unspecified atom stereocenters. The van der Waals surface area contributed by atoms with Crippen molar-refractivity contribution in [2.75, 3.05) is 135 Å². The maximum atomic E-state index is 13.6. The number of hydrogen-bond donors (Lipinski definition) is 15. The number of nitrogens with two attached hydrogens (primary N) is 1. The molecular weight excluding hydrogens is 1650 g/mol. The predicted octanol–water partition coefficient (Wildman–Crippen LogP) is 3.66. The van der Waals surface area contributed by atoms with E-state index in [1.807, 2.05) is 45.0 Å². The Kier molecular flexibility index (Phi) is 31.6. The van der Waals surface area contributed by atoms with Crippen molar-refractivity contribution in [3.05, 3.63) is 174 Å². The van der Waals surface area contributed by atoms with Crippen molar-refractivity contribution < 1.29 is 67.1 Å². The Morgan fingerprint density at radius 3 is 0.922 bits per heavy atom. The van der Waals surface area contributed by atoms with Crippen molar-refractivity contribution in [3.8, 4) is 0 Å². The molecule has 0 spiro atoms. The molecule has 128 heavy (non-hydrogen) atoms. The largest absolute Gasteiger partial charge is 0.356 e. The van der Waals surface area contributed by atoms with E-state index in [-0.39, 0.29) is 144 Å². The highest BCUT2D eigenvalue weighted by atomic mass is 16.2. The summed E-state index contributed by atoms with van der Waals surface area (Å²) in [5.74, 6) is -6.00. The number of aromatic nitrogens is 11. The molecular formula is C84H110N30O14. The molecule has 0 aromatic carbocycles. The molecule has 0 saturated heterocycles. The normalized spacial score (nSPS) is 11.0. The van der Waals surface area contributed by atoms with Gasteiger partial charge in [-0.25, -0.2) is 9.98 Å². The summed E-state index contributed by atoms with van der Waals surface area (Å²) in [6, 6.07) is 13.4. The number of aryl methyl sites for hydroxylation is 10. The number of hydrogen-bond acceptors (Lipinski definition) is 18. The van der Waals surface area contributed by atoms with Crippen LogP contribution in [-0.2, 0) is 89.7 Å². The minimum Gasteiger partial charge on any atom is -0.356 e. The van der Waals surface area contributed by atoms with E-state index in [0.29, 0.717) is 58.9 Å². The van der Waals surface area contributed by atoms with Crippen molar-refractivity contribution in [1.29, 1.82) is 0 Å². The molecule has 0 radical (unpaired) electrons. The average molecular weight is 1760 g/mol. The smallest absolute Gasteiger partial charge is 0.287 e. The zero-order chi connectivity index (χ0) is 93.1. The van der Waals surface area contributed by atoms with E-state index in [1.54, 1.807) is 117 Å². The highest BCUT2D eigenvalue weighted by Crippen LogP contribution is 2.26. The molecule has 0 aliphatic heterocycles. The molecule has 10 heterocycles. The highest BCUT2D eigenvalue weighted by Gasteiger charge is 2.26. The van der Waals surface area contributed by atoms with Gasteiger partial charge in [-0.2, -0.15) is 0 Å². The van der Waals surface area contributed by atoms with Crippen molar-refractivity contribution in [3.63, 3.8) is 0 Å². The van der Waals surface area contributed by atoms with E-state index in [4.69, 9.17) is 5.73 Å². The van der Waals surface area contributed by atoms with Crippen molar-refractivity contribution in [2.24, 2.45) is 81.2 Å². The lowest BCUT2D eigenvalue weighted by molar-refractivity contribution is -0.121. The monoisotopic (exact) mass is 1760 g/mol. The standard InChI is InChI=1S/C84H110N30O14/c1-102(2)84(103(3)4)99-58-39-61(107(8)48-58)76(121)90-28-22-72(118)93-52-33-64(110(11)42-52)79(124)98-57-38-67(113(14)47-57)82(127)101-68-49-114(15)73(100-68)83(128)87-24-16-19-70(116)91-50-31-62(108(9)40-50)77(122)94-53-35-60(106(7)43-53)75(120)89-27-21-71(117)92-51-32-63(109(10)41-51)78(123)96-55-36-66(112(13)45-55)81(126)97-56-37-65(111(12)46-56)80(125)95-54-34-59(105(6)44-54)74(119)88-26-20-69(115)86-25-18-30-104(5)29-17-23-85/h31-49H,16-30,85H2,1-15H3,(H,86,115)(H,87,128)(H,88,119)(H,89,120)(H,90,121)(H,91,116)(H,92,117)(H,93,118)(H,94,122)(H,95,125)(H,96,123)(H,97,126)(H,98,124)(H,101,127).